The molecular weight excluding hydrogens is 952 g/mol. The van der Waals surface area contributed by atoms with Gasteiger partial charge in [0.15, 0.2) is 6.10 Å². The van der Waals surface area contributed by atoms with Gasteiger partial charge in [-0.3, -0.25) is 23.4 Å². The van der Waals surface area contributed by atoms with Crippen molar-refractivity contribution in [1.29, 1.82) is 0 Å². The molecule has 2 N–H and O–H groups in total. The van der Waals surface area contributed by atoms with Crippen molar-refractivity contribution in [3.05, 3.63) is 85.1 Å². The molecule has 0 aromatic heterocycles. The first kappa shape index (κ1) is 70.7. The second-order valence-electron chi connectivity index (χ2n) is 19.4. The third kappa shape index (κ3) is 53.5. The molecule has 0 aliphatic carbocycles. The number of rotatable bonds is 54. The van der Waals surface area contributed by atoms with Gasteiger partial charge >= 0.3 is 25.7 Å². The molecule has 426 valence electrons. The quantitative estimate of drug-likeness (QED) is 0.0197. The summed E-state index contributed by atoms with van der Waals surface area (Å²) in [7, 11) is -4.76. The van der Waals surface area contributed by atoms with E-state index >= 15 is 0 Å². The fraction of sp³-hybridized carbons (Fsp3) is 0.726. The third-order valence-corrected chi connectivity index (χ3v) is 13.3. The summed E-state index contributed by atoms with van der Waals surface area (Å²) in [5.41, 5.74) is 0. The SMILES string of the molecule is CC/C=C\C/C=C\C/C=C\C/C=C\CCCCCCC(=O)OCC(COP(=O)(O)OCC(CO)OC(=O)CCCCCCCCCCCCCCC)OC(=O)CCCCCCCCC/C=C\C/C=C\C/C=C\CC. The number of carbonyl (C=O) groups is 3. The molecule has 0 aliphatic heterocycles. The van der Waals surface area contributed by atoms with E-state index in [1.807, 2.05) is 0 Å². The van der Waals surface area contributed by atoms with Crippen molar-refractivity contribution in [2.75, 3.05) is 26.4 Å². The van der Waals surface area contributed by atoms with E-state index in [2.05, 4.69) is 106 Å². The lowest BCUT2D eigenvalue weighted by Crippen LogP contribution is -2.30. The van der Waals surface area contributed by atoms with Crippen molar-refractivity contribution in [3.8, 4) is 0 Å². The highest BCUT2D eigenvalue weighted by Gasteiger charge is 2.28. The molecule has 0 heterocycles. The fourth-order valence-electron chi connectivity index (χ4n) is 7.89. The van der Waals surface area contributed by atoms with Gasteiger partial charge in [0.1, 0.15) is 12.7 Å². The van der Waals surface area contributed by atoms with Crippen LogP contribution in [0.4, 0.5) is 0 Å². The maximum Gasteiger partial charge on any atom is 0.472 e. The highest BCUT2D eigenvalue weighted by Crippen LogP contribution is 2.43. The molecule has 0 amide bonds. The fourth-order valence-corrected chi connectivity index (χ4v) is 8.68. The van der Waals surface area contributed by atoms with Crippen LogP contribution in [0.5, 0.6) is 0 Å². The van der Waals surface area contributed by atoms with Crippen LogP contribution in [0.2, 0.25) is 0 Å². The number of phosphoric acid groups is 1. The Bertz CT molecular complexity index is 1560. The zero-order chi connectivity index (χ0) is 54.1. The summed E-state index contributed by atoms with van der Waals surface area (Å²) in [6.45, 7) is 4.40. The Hall–Kier alpha value is -3.34. The molecule has 0 rings (SSSR count). The van der Waals surface area contributed by atoms with Gasteiger partial charge in [-0.05, 0) is 89.9 Å². The predicted molar refractivity (Wildman–Crippen MR) is 307 cm³/mol. The van der Waals surface area contributed by atoms with E-state index in [1.165, 1.54) is 64.2 Å². The van der Waals surface area contributed by atoms with E-state index in [0.29, 0.717) is 19.3 Å². The van der Waals surface area contributed by atoms with Gasteiger partial charge in [0.25, 0.3) is 0 Å². The van der Waals surface area contributed by atoms with Crippen LogP contribution < -0.4 is 0 Å². The van der Waals surface area contributed by atoms with Crippen LogP contribution in [0.1, 0.15) is 252 Å². The number of allylic oxidation sites excluding steroid dienone is 14. The summed E-state index contributed by atoms with van der Waals surface area (Å²) in [5, 5.41) is 9.82. The first-order chi connectivity index (χ1) is 36.2. The Morgan fingerprint density at radius 1 is 0.392 bits per heavy atom. The second kappa shape index (κ2) is 55.9. The van der Waals surface area contributed by atoms with Gasteiger partial charge < -0.3 is 24.2 Å². The van der Waals surface area contributed by atoms with E-state index < -0.39 is 57.8 Å². The van der Waals surface area contributed by atoms with Crippen LogP contribution in [0, 0.1) is 0 Å². The summed E-state index contributed by atoms with van der Waals surface area (Å²) < 4.78 is 39.5. The third-order valence-electron chi connectivity index (χ3n) is 12.3. The Morgan fingerprint density at radius 2 is 0.703 bits per heavy atom. The second-order valence-corrected chi connectivity index (χ2v) is 20.9. The summed E-state index contributed by atoms with van der Waals surface area (Å²) >= 11 is 0. The molecule has 0 saturated carbocycles. The van der Waals surface area contributed by atoms with Crippen molar-refractivity contribution < 1.29 is 52.2 Å². The van der Waals surface area contributed by atoms with E-state index in [9.17, 15) is 28.9 Å². The van der Waals surface area contributed by atoms with Crippen molar-refractivity contribution in [2.24, 2.45) is 0 Å². The number of aliphatic hydroxyl groups excluding tert-OH is 1. The van der Waals surface area contributed by atoms with Crippen molar-refractivity contribution in [2.45, 2.75) is 264 Å². The van der Waals surface area contributed by atoms with Crippen LogP contribution in [-0.4, -0.2) is 66.5 Å². The lowest BCUT2D eigenvalue weighted by atomic mass is 10.0. The summed E-state index contributed by atoms with van der Waals surface area (Å²) in [5.74, 6) is -1.50. The zero-order valence-corrected chi connectivity index (χ0v) is 47.9. The minimum Gasteiger partial charge on any atom is -0.462 e. The Labute approximate surface area is 451 Å². The summed E-state index contributed by atoms with van der Waals surface area (Å²) in [6.07, 6.45) is 63.9. The Balaban J connectivity index is 4.78. The van der Waals surface area contributed by atoms with Crippen LogP contribution in [0.3, 0.4) is 0 Å². The number of ether oxygens (including phenoxy) is 3. The number of phosphoric ester groups is 1. The molecule has 0 aromatic carbocycles. The molecular formula is C62H107O11P. The lowest BCUT2D eigenvalue weighted by Gasteiger charge is -2.21. The number of aliphatic hydroxyl groups is 1. The molecule has 0 fully saturated rings. The van der Waals surface area contributed by atoms with E-state index in [-0.39, 0.29) is 25.9 Å². The van der Waals surface area contributed by atoms with Crippen molar-refractivity contribution >= 4 is 25.7 Å². The van der Waals surface area contributed by atoms with Crippen LogP contribution in [0.15, 0.2) is 85.1 Å². The molecule has 0 spiro atoms. The number of hydrogen-bond acceptors (Lipinski definition) is 10. The van der Waals surface area contributed by atoms with Gasteiger partial charge in [-0.1, -0.05) is 228 Å². The molecule has 0 bridgehead atoms. The smallest absolute Gasteiger partial charge is 0.462 e. The molecule has 3 atom stereocenters. The number of carbonyl (C=O) groups excluding carboxylic acids is 3. The molecule has 0 radical (unpaired) electrons. The van der Waals surface area contributed by atoms with Crippen LogP contribution in [-0.2, 0) is 42.2 Å². The largest absolute Gasteiger partial charge is 0.472 e. The van der Waals surface area contributed by atoms with Gasteiger partial charge in [-0.2, -0.15) is 0 Å². The van der Waals surface area contributed by atoms with Crippen molar-refractivity contribution in [3.63, 3.8) is 0 Å². The van der Waals surface area contributed by atoms with Gasteiger partial charge in [0.05, 0.1) is 19.8 Å². The van der Waals surface area contributed by atoms with Crippen LogP contribution >= 0.6 is 7.82 Å². The summed E-state index contributed by atoms with van der Waals surface area (Å²) in [6, 6.07) is 0. The lowest BCUT2D eigenvalue weighted by molar-refractivity contribution is -0.161. The molecule has 0 saturated heterocycles. The standard InChI is InChI=1S/C62H107O11P/c1-4-7-10-13-16-19-22-25-27-29-31-34-36-39-42-45-48-51-60(64)69-55-59(73-62(66)53-50-47-44-41-38-35-32-30-28-26-23-20-17-14-11-8-5-2)57-71-74(67,68)70-56-58(54-63)72-61(65)52-49-46-43-40-37-33-24-21-18-15-12-9-6-3/h7-8,10-11,16-17,19-20,25-28,31,34,58-59,63H,4-6,9,12-15,18,21-24,29-30,32-33,35-57H2,1-3H3,(H,67,68)/b10-7-,11-8-,19-16-,20-17-,27-25-,28-26-,34-31-. The molecule has 12 heteroatoms. The van der Waals surface area contributed by atoms with E-state index in [1.54, 1.807) is 0 Å². The topological polar surface area (TPSA) is 155 Å². The number of hydrogen-bond donors (Lipinski definition) is 2. The van der Waals surface area contributed by atoms with E-state index in [0.717, 1.165) is 128 Å². The van der Waals surface area contributed by atoms with Gasteiger partial charge in [0, 0.05) is 19.3 Å². The average molecular weight is 1060 g/mol. The van der Waals surface area contributed by atoms with Crippen LogP contribution in [0.25, 0.3) is 0 Å². The highest BCUT2D eigenvalue weighted by molar-refractivity contribution is 7.47. The zero-order valence-electron chi connectivity index (χ0n) is 47.0. The predicted octanol–water partition coefficient (Wildman–Crippen LogP) is 17.5. The van der Waals surface area contributed by atoms with E-state index in [4.69, 9.17) is 23.3 Å². The maximum absolute atomic E-state index is 12.9. The Morgan fingerprint density at radius 3 is 1.08 bits per heavy atom. The Kier molecular flexibility index (Phi) is 53.4. The van der Waals surface area contributed by atoms with Crippen molar-refractivity contribution in [1.82, 2.24) is 0 Å². The van der Waals surface area contributed by atoms with Gasteiger partial charge in [-0.25, -0.2) is 4.57 Å². The molecule has 0 aliphatic rings. The number of unbranched alkanes of at least 4 members (excludes halogenated alkanes) is 23. The van der Waals surface area contributed by atoms with Gasteiger partial charge in [-0.15, -0.1) is 0 Å². The number of esters is 3. The normalized spacial score (nSPS) is 14.0. The first-order valence-electron chi connectivity index (χ1n) is 29.5. The maximum atomic E-state index is 12.9. The molecule has 3 unspecified atom stereocenters. The molecule has 11 nitrogen and oxygen atoms in total. The van der Waals surface area contributed by atoms with Gasteiger partial charge in [0.2, 0.25) is 0 Å². The minimum absolute atomic E-state index is 0.148. The molecule has 74 heavy (non-hydrogen) atoms. The monoisotopic (exact) mass is 1060 g/mol. The minimum atomic E-state index is -4.76. The first-order valence-corrected chi connectivity index (χ1v) is 31.0. The average Bonchev–Trinajstić information content (AvgIpc) is 3.39. The molecule has 0 aromatic rings. The summed E-state index contributed by atoms with van der Waals surface area (Å²) in [4.78, 5) is 48.6. The highest BCUT2D eigenvalue weighted by atomic mass is 31.2.